The lowest BCUT2D eigenvalue weighted by Crippen LogP contribution is -2.29. The van der Waals surface area contributed by atoms with Gasteiger partial charge in [-0.2, -0.15) is 0 Å². The lowest BCUT2D eigenvalue weighted by molar-refractivity contribution is -0.140. The first-order valence-corrected chi connectivity index (χ1v) is 13.9. The van der Waals surface area contributed by atoms with Gasteiger partial charge in [-0.15, -0.1) is 0 Å². The fraction of sp³-hybridized carbons (Fsp3) is 0.562. The third-order valence-electron chi connectivity index (χ3n) is 6.81. The van der Waals surface area contributed by atoms with Gasteiger partial charge in [-0.3, -0.25) is 4.79 Å². The van der Waals surface area contributed by atoms with E-state index >= 15 is 0 Å². The summed E-state index contributed by atoms with van der Waals surface area (Å²) in [5, 5.41) is 17.0. The maximum Gasteiger partial charge on any atom is 0.319 e. The molecule has 0 radical (unpaired) electrons. The molecule has 210 valence electrons. The molecule has 0 aliphatic carbocycles. The van der Waals surface area contributed by atoms with Crippen LogP contribution in [0.3, 0.4) is 0 Å². The van der Waals surface area contributed by atoms with Gasteiger partial charge in [0.1, 0.15) is 5.75 Å². The molecular formula is C32H48N2O4. The average molecular weight is 525 g/mol. The van der Waals surface area contributed by atoms with E-state index in [9.17, 15) is 14.7 Å². The highest BCUT2D eigenvalue weighted by molar-refractivity contribution is 5.90. The number of nitrogens with one attached hydrogen (secondary N) is 2. The second-order valence-electron chi connectivity index (χ2n) is 12.2. The standard InChI is InChI=1S/C32H48N2O4/c1-31(2,3)25-21-23(22-26(29(25)36)32(4,5)6)18-19-24-15-12-13-16-27(24)34-30(37)33-20-14-10-8-9-11-17-28(35)38-7/h12-13,15-16,21-22,36H,8-11,14,17-20H2,1-7H3,(H2,33,34,37). The molecule has 0 aliphatic heterocycles. The Balaban J connectivity index is 1.93. The van der Waals surface area contributed by atoms with E-state index in [0.29, 0.717) is 18.7 Å². The molecule has 2 rings (SSSR count). The second kappa shape index (κ2) is 14.2. The molecule has 0 fully saturated rings. The second-order valence-corrected chi connectivity index (χ2v) is 12.2. The Labute approximate surface area is 229 Å². The summed E-state index contributed by atoms with van der Waals surface area (Å²) in [5.74, 6) is 0.240. The molecule has 0 spiro atoms. The Morgan fingerprint density at radius 3 is 2.03 bits per heavy atom. The van der Waals surface area contributed by atoms with Crippen molar-refractivity contribution in [3.63, 3.8) is 0 Å². The van der Waals surface area contributed by atoms with Gasteiger partial charge in [0.05, 0.1) is 7.11 Å². The maximum atomic E-state index is 12.5. The SMILES string of the molecule is COC(=O)CCCCCCCNC(=O)Nc1ccccc1CCc1cc(C(C)(C)C)c(O)c(C(C)(C)C)c1. The molecule has 0 aromatic heterocycles. The average Bonchev–Trinajstić information content (AvgIpc) is 2.84. The monoisotopic (exact) mass is 524 g/mol. The van der Waals surface area contributed by atoms with E-state index < -0.39 is 0 Å². The fourth-order valence-electron chi connectivity index (χ4n) is 4.52. The predicted octanol–water partition coefficient (Wildman–Crippen LogP) is 7.41. The molecule has 0 unspecified atom stereocenters. The van der Waals surface area contributed by atoms with Gasteiger partial charge in [0.2, 0.25) is 0 Å². The molecule has 0 aliphatic rings. The Hall–Kier alpha value is -3.02. The van der Waals surface area contributed by atoms with Gasteiger partial charge in [-0.1, -0.05) is 91.1 Å². The van der Waals surface area contributed by atoms with Crippen LogP contribution in [-0.2, 0) is 33.2 Å². The van der Waals surface area contributed by atoms with Crippen molar-refractivity contribution in [2.45, 2.75) is 104 Å². The first-order chi connectivity index (χ1) is 17.8. The van der Waals surface area contributed by atoms with Crippen LogP contribution >= 0.6 is 0 Å². The molecule has 2 aromatic rings. The highest BCUT2D eigenvalue weighted by Crippen LogP contribution is 2.40. The number of phenols is 1. The van der Waals surface area contributed by atoms with Crippen molar-refractivity contribution in [2.24, 2.45) is 0 Å². The van der Waals surface area contributed by atoms with Gasteiger partial charge in [0.15, 0.2) is 0 Å². The van der Waals surface area contributed by atoms with Crippen molar-refractivity contribution in [1.82, 2.24) is 5.32 Å². The summed E-state index contributed by atoms with van der Waals surface area (Å²) in [4.78, 5) is 23.7. The Morgan fingerprint density at radius 2 is 1.42 bits per heavy atom. The van der Waals surface area contributed by atoms with Crippen LogP contribution in [0.2, 0.25) is 0 Å². The fourth-order valence-corrected chi connectivity index (χ4v) is 4.52. The minimum Gasteiger partial charge on any atom is -0.507 e. The lowest BCUT2D eigenvalue weighted by atomic mass is 9.78. The van der Waals surface area contributed by atoms with Gasteiger partial charge in [0, 0.05) is 18.7 Å². The number of amides is 2. The van der Waals surface area contributed by atoms with Crippen LogP contribution in [-0.4, -0.2) is 30.8 Å². The number of carbonyl (C=O) groups is 2. The summed E-state index contributed by atoms with van der Waals surface area (Å²) >= 11 is 0. The number of hydrogen-bond acceptors (Lipinski definition) is 4. The molecule has 0 heterocycles. The number of hydrogen-bond donors (Lipinski definition) is 3. The third kappa shape index (κ3) is 10.0. The summed E-state index contributed by atoms with van der Waals surface area (Å²) in [6, 6.07) is 12.0. The molecule has 2 amide bonds. The molecular weight excluding hydrogens is 476 g/mol. The van der Waals surface area contributed by atoms with Crippen molar-refractivity contribution in [1.29, 1.82) is 0 Å². The number of benzene rings is 2. The number of carbonyl (C=O) groups excluding carboxylic acids is 2. The van der Waals surface area contributed by atoms with Crippen molar-refractivity contribution < 1.29 is 19.4 Å². The number of methoxy groups -OCH3 is 1. The number of anilines is 1. The number of phenolic OH excluding ortho intramolecular Hbond substituents is 1. The first-order valence-electron chi connectivity index (χ1n) is 13.9. The molecule has 6 nitrogen and oxygen atoms in total. The summed E-state index contributed by atoms with van der Waals surface area (Å²) in [6.07, 6.45) is 6.84. The summed E-state index contributed by atoms with van der Waals surface area (Å²) in [6.45, 7) is 13.4. The van der Waals surface area contributed by atoms with E-state index in [-0.39, 0.29) is 22.8 Å². The van der Waals surface area contributed by atoms with E-state index in [2.05, 4.69) is 75.1 Å². The number of unbranched alkanes of at least 4 members (excludes halogenated alkanes) is 4. The van der Waals surface area contributed by atoms with E-state index in [1.54, 1.807) is 0 Å². The Morgan fingerprint density at radius 1 is 0.842 bits per heavy atom. The number of aromatic hydroxyl groups is 1. The zero-order chi connectivity index (χ0) is 28.3. The van der Waals surface area contributed by atoms with E-state index in [1.165, 1.54) is 12.7 Å². The van der Waals surface area contributed by atoms with Crippen molar-refractivity contribution >= 4 is 17.7 Å². The van der Waals surface area contributed by atoms with Crippen LogP contribution in [0.4, 0.5) is 10.5 Å². The van der Waals surface area contributed by atoms with Gasteiger partial charge >= 0.3 is 12.0 Å². The Kier molecular flexibility index (Phi) is 11.7. The smallest absolute Gasteiger partial charge is 0.319 e. The molecule has 38 heavy (non-hydrogen) atoms. The van der Waals surface area contributed by atoms with Gasteiger partial charge in [0.25, 0.3) is 0 Å². The normalized spacial score (nSPS) is 11.8. The minimum absolute atomic E-state index is 0.156. The molecule has 0 saturated heterocycles. The molecule has 3 N–H and O–H groups in total. The zero-order valence-corrected chi connectivity index (χ0v) is 24.5. The van der Waals surface area contributed by atoms with Gasteiger partial charge in [-0.05, 0) is 64.8 Å². The summed E-state index contributed by atoms with van der Waals surface area (Å²) < 4.78 is 4.65. The topological polar surface area (TPSA) is 87.7 Å². The van der Waals surface area contributed by atoms with E-state index in [4.69, 9.17) is 0 Å². The highest BCUT2D eigenvalue weighted by atomic mass is 16.5. The van der Waals surface area contributed by atoms with Crippen molar-refractivity contribution in [3.05, 3.63) is 58.7 Å². The molecule has 6 heteroatoms. The van der Waals surface area contributed by atoms with E-state index in [0.717, 1.165) is 67.3 Å². The molecule has 0 atom stereocenters. The van der Waals surface area contributed by atoms with Crippen LogP contribution in [0.1, 0.15) is 102 Å². The van der Waals surface area contributed by atoms with Crippen LogP contribution < -0.4 is 10.6 Å². The number of esters is 1. The Bertz CT molecular complexity index is 1030. The highest BCUT2D eigenvalue weighted by Gasteiger charge is 2.26. The lowest BCUT2D eigenvalue weighted by Gasteiger charge is -2.28. The van der Waals surface area contributed by atoms with Gasteiger partial charge < -0.3 is 20.5 Å². The van der Waals surface area contributed by atoms with Crippen LogP contribution in [0.25, 0.3) is 0 Å². The van der Waals surface area contributed by atoms with E-state index in [1.807, 2.05) is 18.2 Å². The first kappa shape index (κ1) is 31.2. The summed E-state index contributed by atoms with van der Waals surface area (Å²) in [7, 11) is 1.41. The maximum absolute atomic E-state index is 12.5. The predicted molar refractivity (Wildman–Crippen MR) is 156 cm³/mol. The zero-order valence-electron chi connectivity index (χ0n) is 24.5. The minimum atomic E-state index is -0.196. The molecule has 2 aromatic carbocycles. The number of aryl methyl sites for hydroxylation is 2. The largest absolute Gasteiger partial charge is 0.507 e. The van der Waals surface area contributed by atoms with Gasteiger partial charge in [-0.25, -0.2) is 4.79 Å². The number of para-hydroxylation sites is 1. The van der Waals surface area contributed by atoms with Crippen LogP contribution in [0, 0.1) is 0 Å². The quantitative estimate of drug-likeness (QED) is 0.199. The molecule has 0 saturated carbocycles. The van der Waals surface area contributed by atoms with Crippen LogP contribution in [0.5, 0.6) is 5.75 Å². The van der Waals surface area contributed by atoms with Crippen molar-refractivity contribution in [2.75, 3.05) is 19.0 Å². The molecule has 0 bridgehead atoms. The number of urea groups is 1. The summed E-state index contributed by atoms with van der Waals surface area (Å²) in [5.41, 5.74) is 4.68. The number of rotatable bonds is 12. The van der Waals surface area contributed by atoms with Crippen molar-refractivity contribution in [3.8, 4) is 5.75 Å². The third-order valence-corrected chi connectivity index (χ3v) is 6.81. The number of ether oxygens (including phenoxy) is 1. The van der Waals surface area contributed by atoms with Crippen LogP contribution in [0.15, 0.2) is 36.4 Å².